The molecule has 1 aromatic carbocycles. The molecule has 1 rings (SSSR count). The maximum Gasteiger partial charge on any atom is 0.251 e. The third-order valence-corrected chi connectivity index (χ3v) is 3.46. The highest BCUT2D eigenvalue weighted by molar-refractivity contribution is 5.94. The van der Waals surface area contributed by atoms with Gasteiger partial charge in [0, 0.05) is 12.1 Å². The first-order chi connectivity index (χ1) is 8.95. The standard InChI is InChI=1S/C16H22N2O/c1-11(2)15(12(3)4)10-18-16(19)14-7-5-6-13(8-14)9-17/h5-8,11-12,15H,10H2,1-4H3,(H,18,19). The molecule has 0 aliphatic heterocycles. The van der Waals surface area contributed by atoms with Crippen molar-refractivity contribution in [2.24, 2.45) is 17.8 Å². The van der Waals surface area contributed by atoms with Gasteiger partial charge in [-0.2, -0.15) is 5.26 Å². The zero-order valence-electron chi connectivity index (χ0n) is 12.1. The largest absolute Gasteiger partial charge is 0.352 e. The molecule has 3 nitrogen and oxygen atoms in total. The first-order valence-electron chi connectivity index (χ1n) is 6.74. The third-order valence-electron chi connectivity index (χ3n) is 3.46. The molecule has 0 bridgehead atoms. The summed E-state index contributed by atoms with van der Waals surface area (Å²) < 4.78 is 0. The highest BCUT2D eigenvalue weighted by Gasteiger charge is 2.18. The second kappa shape index (κ2) is 6.94. The molecular weight excluding hydrogens is 236 g/mol. The van der Waals surface area contributed by atoms with E-state index in [0.717, 1.165) is 0 Å². The van der Waals surface area contributed by atoms with E-state index in [1.807, 2.05) is 6.07 Å². The lowest BCUT2D eigenvalue weighted by Gasteiger charge is -2.25. The van der Waals surface area contributed by atoms with Gasteiger partial charge in [-0.3, -0.25) is 4.79 Å². The third kappa shape index (κ3) is 4.40. The number of hydrogen-bond acceptors (Lipinski definition) is 2. The average molecular weight is 258 g/mol. The van der Waals surface area contributed by atoms with Gasteiger partial charge >= 0.3 is 0 Å². The molecular formula is C16H22N2O. The summed E-state index contributed by atoms with van der Waals surface area (Å²) in [6.07, 6.45) is 0. The zero-order valence-corrected chi connectivity index (χ0v) is 12.1. The van der Waals surface area contributed by atoms with Crippen molar-refractivity contribution in [2.45, 2.75) is 27.7 Å². The van der Waals surface area contributed by atoms with Gasteiger partial charge in [0.2, 0.25) is 0 Å². The quantitative estimate of drug-likeness (QED) is 0.881. The molecule has 0 aliphatic carbocycles. The second-order valence-corrected chi connectivity index (χ2v) is 5.55. The molecule has 0 spiro atoms. The molecule has 0 radical (unpaired) electrons. The van der Waals surface area contributed by atoms with Gasteiger partial charge in [-0.25, -0.2) is 0 Å². The Kier molecular flexibility index (Phi) is 5.57. The molecule has 0 heterocycles. The number of carbonyl (C=O) groups excluding carboxylic acids is 1. The van der Waals surface area contributed by atoms with Gasteiger partial charge in [0.1, 0.15) is 0 Å². The first-order valence-corrected chi connectivity index (χ1v) is 6.74. The van der Waals surface area contributed by atoms with Crippen LogP contribution in [0.4, 0.5) is 0 Å². The summed E-state index contributed by atoms with van der Waals surface area (Å²) in [4.78, 5) is 12.0. The fourth-order valence-electron chi connectivity index (χ4n) is 2.28. The van der Waals surface area contributed by atoms with Crippen molar-refractivity contribution in [3.05, 3.63) is 35.4 Å². The Balaban J connectivity index is 2.67. The van der Waals surface area contributed by atoms with Crippen molar-refractivity contribution in [1.82, 2.24) is 5.32 Å². The summed E-state index contributed by atoms with van der Waals surface area (Å²) in [6, 6.07) is 8.82. The van der Waals surface area contributed by atoms with Gasteiger partial charge < -0.3 is 5.32 Å². The van der Waals surface area contributed by atoms with Crippen LogP contribution in [0.25, 0.3) is 0 Å². The minimum Gasteiger partial charge on any atom is -0.352 e. The molecule has 0 atom stereocenters. The topological polar surface area (TPSA) is 52.9 Å². The number of amides is 1. The van der Waals surface area contributed by atoms with E-state index in [1.165, 1.54) is 0 Å². The predicted octanol–water partition coefficient (Wildman–Crippen LogP) is 3.22. The number of nitrogens with zero attached hydrogens (tertiary/aromatic N) is 1. The monoisotopic (exact) mass is 258 g/mol. The molecule has 0 saturated heterocycles. The summed E-state index contributed by atoms with van der Waals surface area (Å²) in [5.41, 5.74) is 1.06. The summed E-state index contributed by atoms with van der Waals surface area (Å²) >= 11 is 0. The lowest BCUT2D eigenvalue weighted by molar-refractivity contribution is 0.0937. The van der Waals surface area contributed by atoms with Crippen LogP contribution in [0.5, 0.6) is 0 Å². The number of carbonyl (C=O) groups is 1. The fraction of sp³-hybridized carbons (Fsp3) is 0.500. The molecule has 0 saturated carbocycles. The Labute approximate surface area is 115 Å². The lowest BCUT2D eigenvalue weighted by atomic mass is 9.85. The maximum atomic E-state index is 12.0. The van der Waals surface area contributed by atoms with E-state index in [9.17, 15) is 4.79 Å². The molecule has 0 unspecified atom stereocenters. The van der Waals surface area contributed by atoms with Crippen molar-refractivity contribution in [1.29, 1.82) is 5.26 Å². The van der Waals surface area contributed by atoms with Gasteiger partial charge in [0.05, 0.1) is 11.6 Å². The average Bonchev–Trinajstić information content (AvgIpc) is 2.38. The fourth-order valence-corrected chi connectivity index (χ4v) is 2.28. The Morgan fingerprint density at radius 1 is 1.26 bits per heavy atom. The Hall–Kier alpha value is -1.82. The van der Waals surface area contributed by atoms with Crippen molar-refractivity contribution in [3.8, 4) is 6.07 Å². The van der Waals surface area contributed by atoms with Crippen LogP contribution in [0, 0.1) is 29.1 Å². The number of benzene rings is 1. The highest BCUT2D eigenvalue weighted by Crippen LogP contribution is 2.19. The van der Waals surface area contributed by atoms with Gasteiger partial charge in [-0.15, -0.1) is 0 Å². The molecule has 1 amide bonds. The molecule has 19 heavy (non-hydrogen) atoms. The highest BCUT2D eigenvalue weighted by atomic mass is 16.1. The van der Waals surface area contributed by atoms with Crippen molar-refractivity contribution >= 4 is 5.91 Å². The SMILES string of the molecule is CC(C)C(CNC(=O)c1cccc(C#N)c1)C(C)C. The Morgan fingerprint density at radius 2 is 1.89 bits per heavy atom. The van der Waals surface area contributed by atoms with E-state index >= 15 is 0 Å². The maximum absolute atomic E-state index is 12.0. The van der Waals surface area contributed by atoms with Crippen LogP contribution in [0.1, 0.15) is 43.6 Å². The molecule has 102 valence electrons. The first kappa shape index (κ1) is 15.2. The Bertz CT molecular complexity index is 464. The minimum absolute atomic E-state index is 0.108. The van der Waals surface area contributed by atoms with Gasteiger partial charge in [-0.1, -0.05) is 33.8 Å². The van der Waals surface area contributed by atoms with Crippen molar-refractivity contribution in [3.63, 3.8) is 0 Å². The second-order valence-electron chi connectivity index (χ2n) is 5.55. The van der Waals surface area contributed by atoms with Crippen LogP contribution >= 0.6 is 0 Å². The molecule has 0 aliphatic rings. The summed E-state index contributed by atoms with van der Waals surface area (Å²) in [5, 5.41) is 11.8. The summed E-state index contributed by atoms with van der Waals surface area (Å²) in [5.74, 6) is 1.42. The van der Waals surface area contributed by atoms with E-state index in [0.29, 0.717) is 35.4 Å². The number of hydrogen-bond donors (Lipinski definition) is 1. The number of nitriles is 1. The number of rotatable bonds is 5. The van der Waals surface area contributed by atoms with Crippen LogP contribution in [-0.4, -0.2) is 12.5 Å². The smallest absolute Gasteiger partial charge is 0.251 e. The van der Waals surface area contributed by atoms with Gasteiger partial charge in [0.15, 0.2) is 0 Å². The lowest BCUT2D eigenvalue weighted by Crippen LogP contribution is -2.33. The molecule has 1 aromatic rings. The van der Waals surface area contributed by atoms with E-state index in [1.54, 1.807) is 24.3 Å². The van der Waals surface area contributed by atoms with Crippen molar-refractivity contribution < 1.29 is 4.79 Å². The van der Waals surface area contributed by atoms with Gasteiger partial charge in [-0.05, 0) is 36.0 Å². The van der Waals surface area contributed by atoms with Crippen LogP contribution in [-0.2, 0) is 0 Å². The summed E-state index contributed by atoms with van der Waals surface area (Å²) in [7, 11) is 0. The van der Waals surface area contributed by atoms with Crippen LogP contribution in [0.3, 0.4) is 0 Å². The normalized spacial score (nSPS) is 10.8. The zero-order chi connectivity index (χ0) is 14.4. The van der Waals surface area contributed by atoms with E-state index in [-0.39, 0.29) is 5.91 Å². The molecule has 0 aromatic heterocycles. The summed E-state index contributed by atoms with van der Waals surface area (Å²) in [6.45, 7) is 9.37. The van der Waals surface area contributed by atoms with E-state index < -0.39 is 0 Å². The molecule has 3 heteroatoms. The Morgan fingerprint density at radius 3 is 2.42 bits per heavy atom. The van der Waals surface area contributed by atoms with Gasteiger partial charge in [0.25, 0.3) is 5.91 Å². The number of nitrogens with one attached hydrogen (secondary N) is 1. The van der Waals surface area contributed by atoms with Crippen molar-refractivity contribution in [2.75, 3.05) is 6.54 Å². The molecule has 0 fully saturated rings. The predicted molar refractivity (Wildman–Crippen MR) is 76.7 cm³/mol. The van der Waals surface area contributed by atoms with Crippen LogP contribution in [0.2, 0.25) is 0 Å². The van der Waals surface area contributed by atoms with Crippen LogP contribution < -0.4 is 5.32 Å². The van der Waals surface area contributed by atoms with E-state index in [4.69, 9.17) is 5.26 Å². The molecule has 1 N–H and O–H groups in total. The minimum atomic E-state index is -0.108. The van der Waals surface area contributed by atoms with E-state index in [2.05, 4.69) is 33.0 Å². The van der Waals surface area contributed by atoms with Crippen LogP contribution in [0.15, 0.2) is 24.3 Å².